The zero-order valence-corrected chi connectivity index (χ0v) is 27.7. The third kappa shape index (κ3) is 5.02. The van der Waals surface area contributed by atoms with Crippen molar-refractivity contribution < 1.29 is 0 Å². The highest BCUT2D eigenvalue weighted by atomic mass is 15.2. The van der Waals surface area contributed by atoms with Crippen LogP contribution in [0.2, 0.25) is 0 Å². The van der Waals surface area contributed by atoms with Crippen molar-refractivity contribution >= 4 is 94.5 Å². The van der Waals surface area contributed by atoms with Crippen molar-refractivity contribution in [2.24, 2.45) is 0 Å². The summed E-state index contributed by atoms with van der Waals surface area (Å²) in [5.41, 5.74) is 15.2. The second-order valence-electron chi connectivity index (χ2n) is 12.9. The fraction of sp³-hybridized carbons (Fsp3) is 0. The fourth-order valence-corrected chi connectivity index (χ4v) is 7.39. The summed E-state index contributed by atoms with van der Waals surface area (Å²) >= 11 is 0. The van der Waals surface area contributed by atoms with Crippen LogP contribution in [0.3, 0.4) is 0 Å². The monoisotopic (exact) mass is 636 g/mol. The zero-order chi connectivity index (χ0) is 34.8. The largest absolute Gasteiger partial charge is 0.306 e. The summed E-state index contributed by atoms with van der Waals surface area (Å²) in [6.07, 6.45) is 0. The third-order valence-electron chi connectivity index (χ3n) is 10.0. The molecule has 2 heterocycles. The average molecular weight is 636 g/mol. The van der Waals surface area contributed by atoms with Crippen LogP contribution in [0.4, 0.5) is 17.1 Å². The first-order valence-electron chi connectivity index (χ1n) is 16.8. The molecule has 0 atom stereocenters. The van der Waals surface area contributed by atoms with Crippen LogP contribution in [-0.2, 0) is 0 Å². The van der Waals surface area contributed by atoms with Gasteiger partial charge in [-0.1, -0.05) is 126 Å². The predicted molar refractivity (Wildman–Crippen MR) is 220 cm³/mol. The summed E-state index contributed by atoms with van der Waals surface area (Å²) in [7, 11) is 30.9. The maximum atomic E-state index is 6.32. The van der Waals surface area contributed by atoms with Crippen LogP contribution in [0.5, 0.6) is 0 Å². The predicted octanol–water partition coefficient (Wildman–Crippen LogP) is 6.05. The second-order valence-corrected chi connectivity index (χ2v) is 12.9. The van der Waals surface area contributed by atoms with Gasteiger partial charge in [-0.3, -0.25) is 0 Å². The van der Waals surface area contributed by atoms with Gasteiger partial charge < -0.3 is 9.47 Å². The SMILES string of the molecule is [B]c1c([B])c([B])c(-c2ccc(-c3ccc(-c4ccc5c(c4)N(c4ccccc4)c4cccc6cc(-c7ccccc7)n-5c46)cc3)cc2)c([B])c1[B]. The highest BCUT2D eigenvalue weighted by Crippen LogP contribution is 2.50. The van der Waals surface area contributed by atoms with Crippen LogP contribution in [0.25, 0.3) is 61.2 Å². The molecule has 7 heteroatoms. The van der Waals surface area contributed by atoms with Crippen molar-refractivity contribution in [3.05, 3.63) is 152 Å². The molecule has 1 aromatic heterocycles. The highest BCUT2D eigenvalue weighted by molar-refractivity contribution is 6.68. The second kappa shape index (κ2) is 12.2. The van der Waals surface area contributed by atoms with Crippen LogP contribution < -0.4 is 32.2 Å². The first kappa shape index (κ1) is 31.2. The van der Waals surface area contributed by atoms with E-state index < -0.39 is 0 Å². The van der Waals surface area contributed by atoms with Crippen molar-refractivity contribution in [1.82, 2.24) is 4.57 Å². The van der Waals surface area contributed by atoms with Crippen LogP contribution in [0.1, 0.15) is 0 Å². The van der Waals surface area contributed by atoms with Crippen LogP contribution in [0.15, 0.2) is 152 Å². The van der Waals surface area contributed by atoms with E-state index in [1.807, 2.05) is 24.3 Å². The number of rotatable bonds is 5. The fourth-order valence-electron chi connectivity index (χ4n) is 7.39. The van der Waals surface area contributed by atoms with E-state index in [0.717, 1.165) is 50.6 Å². The van der Waals surface area contributed by atoms with E-state index in [4.69, 9.17) is 39.2 Å². The minimum Gasteiger partial charge on any atom is -0.306 e. The molecule has 10 radical (unpaired) electrons. The van der Waals surface area contributed by atoms with Gasteiger partial charge in [-0.25, -0.2) is 0 Å². The number of benzene rings is 7. The van der Waals surface area contributed by atoms with Gasteiger partial charge in [-0.2, -0.15) is 0 Å². The summed E-state index contributed by atoms with van der Waals surface area (Å²) in [6, 6.07) is 53.6. The summed E-state index contributed by atoms with van der Waals surface area (Å²) in [5, 5.41) is 1.21. The van der Waals surface area contributed by atoms with Gasteiger partial charge in [0.15, 0.2) is 0 Å². The number of para-hydroxylation sites is 2. The minimum atomic E-state index is 0.209. The van der Waals surface area contributed by atoms with E-state index in [1.165, 1.54) is 22.2 Å². The lowest BCUT2D eigenvalue weighted by Crippen LogP contribution is -2.55. The van der Waals surface area contributed by atoms with Crippen molar-refractivity contribution in [3.63, 3.8) is 0 Å². The summed E-state index contributed by atoms with van der Waals surface area (Å²) in [5.74, 6) is 0. The van der Waals surface area contributed by atoms with Crippen LogP contribution >= 0.6 is 0 Å². The molecular formula is C44H25B5N2. The molecule has 0 saturated heterocycles. The van der Waals surface area contributed by atoms with E-state index in [0.29, 0.717) is 16.5 Å². The first-order chi connectivity index (χ1) is 24.9. The van der Waals surface area contributed by atoms with Crippen molar-refractivity contribution in [3.8, 4) is 50.3 Å². The molecule has 226 valence electrons. The molecule has 1 aliphatic rings. The standard InChI is InChI=1S/C44H25B5N2/c45-39-38(40(46)42(48)43(49)41(39)47)30-20-18-27(19-21-30)26-14-16-28(17-15-26)31-22-23-34-37(24-31)50(33-11-5-2-6-12-33)35-13-7-10-32-25-36(51(34)44(32)35)29-8-3-1-4-9-29/h1-25H. The Bertz CT molecular complexity index is 2580. The summed E-state index contributed by atoms with van der Waals surface area (Å²) in [6.45, 7) is 0. The molecule has 0 bridgehead atoms. The molecule has 7 aromatic carbocycles. The highest BCUT2D eigenvalue weighted by Gasteiger charge is 2.29. The molecule has 0 aliphatic carbocycles. The molecule has 8 aromatic rings. The van der Waals surface area contributed by atoms with Crippen molar-refractivity contribution in [2.75, 3.05) is 4.90 Å². The maximum Gasteiger partial charge on any atom is 0.113 e. The van der Waals surface area contributed by atoms with Gasteiger partial charge in [-0.05, 0) is 75.3 Å². The Morgan fingerprint density at radius 2 is 0.882 bits per heavy atom. The Balaban J connectivity index is 1.11. The number of nitrogens with zero attached hydrogens (tertiary/aromatic N) is 2. The van der Waals surface area contributed by atoms with E-state index in [9.17, 15) is 0 Å². The molecule has 0 fully saturated rings. The Morgan fingerprint density at radius 1 is 0.353 bits per heavy atom. The molecule has 9 rings (SSSR count). The third-order valence-corrected chi connectivity index (χ3v) is 10.0. The van der Waals surface area contributed by atoms with Gasteiger partial charge in [0.25, 0.3) is 0 Å². The Labute approximate surface area is 304 Å². The van der Waals surface area contributed by atoms with Gasteiger partial charge >= 0.3 is 0 Å². The smallest absolute Gasteiger partial charge is 0.113 e. The quantitative estimate of drug-likeness (QED) is 0.209. The topological polar surface area (TPSA) is 8.17 Å². The van der Waals surface area contributed by atoms with Crippen LogP contribution in [-0.4, -0.2) is 43.8 Å². The summed E-state index contributed by atoms with van der Waals surface area (Å²) in [4.78, 5) is 2.38. The Hall–Kier alpha value is -5.80. The molecule has 0 unspecified atom stereocenters. The maximum absolute atomic E-state index is 6.32. The zero-order valence-electron chi connectivity index (χ0n) is 27.7. The number of fused-ring (bicyclic) bond motifs is 2. The molecule has 0 spiro atoms. The van der Waals surface area contributed by atoms with Crippen molar-refractivity contribution in [1.29, 1.82) is 0 Å². The Kier molecular flexibility index (Phi) is 7.47. The molecular weight excluding hydrogens is 611 g/mol. The molecule has 1 aliphatic heterocycles. The van der Waals surface area contributed by atoms with Crippen molar-refractivity contribution in [2.45, 2.75) is 0 Å². The van der Waals surface area contributed by atoms with Gasteiger partial charge in [0.2, 0.25) is 0 Å². The molecule has 0 saturated carbocycles. The number of hydrogen-bond donors (Lipinski definition) is 0. The van der Waals surface area contributed by atoms with E-state index >= 15 is 0 Å². The summed E-state index contributed by atoms with van der Waals surface area (Å²) < 4.78 is 2.42. The molecule has 2 nitrogen and oxygen atoms in total. The van der Waals surface area contributed by atoms with Gasteiger partial charge in [0.1, 0.15) is 39.2 Å². The number of aromatic nitrogens is 1. The first-order valence-corrected chi connectivity index (χ1v) is 16.8. The molecule has 51 heavy (non-hydrogen) atoms. The van der Waals surface area contributed by atoms with E-state index in [2.05, 4.69) is 137 Å². The Morgan fingerprint density at radius 3 is 1.51 bits per heavy atom. The average Bonchev–Trinajstić information content (AvgIpc) is 3.58. The van der Waals surface area contributed by atoms with Gasteiger partial charge in [0, 0.05) is 11.1 Å². The minimum absolute atomic E-state index is 0.209. The van der Waals surface area contributed by atoms with E-state index in [-0.39, 0.29) is 16.4 Å². The van der Waals surface area contributed by atoms with Gasteiger partial charge in [0.05, 0.1) is 28.3 Å². The number of hydrogen-bond acceptors (Lipinski definition) is 1. The lowest BCUT2D eigenvalue weighted by atomic mass is 9.59. The molecule has 0 N–H and O–H groups in total. The van der Waals surface area contributed by atoms with Gasteiger partial charge in [-0.15, -0.1) is 16.4 Å². The normalized spacial score (nSPS) is 11.9. The lowest BCUT2D eigenvalue weighted by molar-refractivity contribution is 1.08. The van der Waals surface area contributed by atoms with E-state index in [1.54, 1.807) is 0 Å². The molecule has 0 amide bonds. The van der Waals surface area contributed by atoms with Crippen LogP contribution in [0, 0.1) is 0 Å². The lowest BCUT2D eigenvalue weighted by Gasteiger charge is -2.34. The number of anilines is 3.